The fraction of sp³-hybridized carbons (Fsp3) is 0.318. The van der Waals surface area contributed by atoms with E-state index >= 15 is 0 Å². The summed E-state index contributed by atoms with van der Waals surface area (Å²) in [5.41, 5.74) is 4.40. The SMILES string of the molecule is O=C(O)C1=CC2(CCC1S(=O)(=O)Nc1cccc3c1Cc1ccccc1-3)OCCO2. The molecule has 2 aromatic rings. The molecule has 1 unspecified atom stereocenters. The number of benzene rings is 2. The molecular formula is C22H21NO6S. The minimum atomic E-state index is -4.00. The zero-order chi connectivity index (χ0) is 20.9. The highest BCUT2D eigenvalue weighted by atomic mass is 32.2. The summed E-state index contributed by atoms with van der Waals surface area (Å²) in [6.45, 7) is 0.714. The molecule has 7 nitrogen and oxygen atoms in total. The number of hydrogen-bond acceptors (Lipinski definition) is 5. The molecule has 1 fully saturated rings. The van der Waals surface area contributed by atoms with Crippen LogP contribution < -0.4 is 4.72 Å². The van der Waals surface area contributed by atoms with Gasteiger partial charge in [-0.15, -0.1) is 0 Å². The van der Waals surface area contributed by atoms with Crippen molar-refractivity contribution < 1.29 is 27.8 Å². The van der Waals surface area contributed by atoms with Gasteiger partial charge in [0.05, 0.1) is 24.5 Å². The van der Waals surface area contributed by atoms with Gasteiger partial charge in [0.15, 0.2) is 5.79 Å². The van der Waals surface area contributed by atoms with E-state index in [9.17, 15) is 18.3 Å². The molecule has 0 bridgehead atoms. The smallest absolute Gasteiger partial charge is 0.332 e. The number of hydrogen-bond donors (Lipinski definition) is 2. The summed E-state index contributed by atoms with van der Waals surface area (Å²) in [6, 6.07) is 13.5. The Hall–Kier alpha value is -2.68. The van der Waals surface area contributed by atoms with E-state index < -0.39 is 27.0 Å². The Kier molecular flexibility index (Phi) is 4.46. The summed E-state index contributed by atoms with van der Waals surface area (Å²) in [5, 5.41) is 8.50. The maximum atomic E-state index is 13.2. The molecule has 5 rings (SSSR count). The lowest BCUT2D eigenvalue weighted by Gasteiger charge is -2.32. The van der Waals surface area contributed by atoms with Gasteiger partial charge in [0, 0.05) is 12.8 Å². The minimum absolute atomic E-state index is 0.0999. The number of rotatable bonds is 4. The van der Waals surface area contributed by atoms with E-state index in [1.807, 2.05) is 36.4 Å². The fourth-order valence-corrected chi connectivity index (χ4v) is 6.16. The summed E-state index contributed by atoms with van der Waals surface area (Å²) < 4.78 is 40.3. The van der Waals surface area contributed by atoms with Crippen molar-refractivity contribution in [3.63, 3.8) is 0 Å². The number of anilines is 1. The molecule has 2 N–H and O–H groups in total. The van der Waals surface area contributed by atoms with Crippen LogP contribution in [0, 0.1) is 0 Å². The molecule has 1 atom stereocenters. The van der Waals surface area contributed by atoms with Crippen molar-refractivity contribution in [2.45, 2.75) is 30.3 Å². The highest BCUT2D eigenvalue weighted by Gasteiger charge is 2.46. The monoisotopic (exact) mass is 427 g/mol. The lowest BCUT2D eigenvalue weighted by molar-refractivity contribution is -0.138. The molecule has 1 saturated heterocycles. The number of fused-ring (bicyclic) bond motifs is 3. The topological polar surface area (TPSA) is 102 Å². The lowest BCUT2D eigenvalue weighted by atomic mass is 9.94. The minimum Gasteiger partial charge on any atom is -0.478 e. The normalized spacial score (nSPS) is 21.7. The standard InChI is InChI=1S/C22H21NO6S/c24-21(25)18-13-22(28-10-11-29-22)9-8-20(18)30(26,27)23-19-7-3-6-16-15-5-2-1-4-14(15)12-17(16)19/h1-7,13,20,23H,8-12H2,(H,24,25). The van der Waals surface area contributed by atoms with Gasteiger partial charge in [0.25, 0.3) is 0 Å². The Morgan fingerprint density at radius 1 is 1.07 bits per heavy atom. The first-order valence-electron chi connectivity index (χ1n) is 9.84. The third-order valence-corrected chi connectivity index (χ3v) is 7.72. The van der Waals surface area contributed by atoms with Crippen LogP contribution in [-0.2, 0) is 30.7 Å². The van der Waals surface area contributed by atoms with Crippen LogP contribution in [0.4, 0.5) is 5.69 Å². The van der Waals surface area contributed by atoms with Crippen LogP contribution in [0.15, 0.2) is 54.1 Å². The average Bonchev–Trinajstić information content (AvgIpc) is 3.33. The molecule has 0 saturated carbocycles. The van der Waals surface area contributed by atoms with E-state index in [1.165, 1.54) is 6.08 Å². The van der Waals surface area contributed by atoms with Crippen LogP contribution in [0.25, 0.3) is 11.1 Å². The van der Waals surface area contributed by atoms with Gasteiger partial charge in [-0.3, -0.25) is 4.72 Å². The molecule has 0 aromatic heterocycles. The summed E-state index contributed by atoms with van der Waals surface area (Å²) in [5.74, 6) is -2.41. The molecule has 1 aliphatic heterocycles. The average molecular weight is 427 g/mol. The third-order valence-electron chi connectivity index (χ3n) is 5.98. The second-order valence-electron chi connectivity index (χ2n) is 7.75. The molecule has 2 aromatic carbocycles. The quantitative estimate of drug-likeness (QED) is 0.664. The second-order valence-corrected chi connectivity index (χ2v) is 9.62. The number of sulfonamides is 1. The summed E-state index contributed by atoms with van der Waals surface area (Å²) in [4.78, 5) is 11.9. The molecule has 2 aliphatic carbocycles. The van der Waals surface area contributed by atoms with Crippen molar-refractivity contribution in [1.82, 2.24) is 0 Å². The number of ether oxygens (including phenoxy) is 2. The Bertz CT molecular complexity index is 1160. The molecule has 30 heavy (non-hydrogen) atoms. The number of aliphatic carboxylic acids is 1. The molecule has 1 spiro atoms. The van der Waals surface area contributed by atoms with E-state index in [0.717, 1.165) is 22.3 Å². The van der Waals surface area contributed by atoms with Crippen LogP contribution in [0.5, 0.6) is 0 Å². The van der Waals surface area contributed by atoms with Crippen LogP contribution in [-0.4, -0.2) is 43.7 Å². The summed E-state index contributed by atoms with van der Waals surface area (Å²) in [7, 11) is -4.00. The number of nitrogens with one attached hydrogen (secondary N) is 1. The predicted molar refractivity (Wildman–Crippen MR) is 111 cm³/mol. The largest absolute Gasteiger partial charge is 0.478 e. The van der Waals surface area contributed by atoms with Crippen molar-refractivity contribution in [3.05, 3.63) is 65.2 Å². The van der Waals surface area contributed by atoms with Gasteiger partial charge in [-0.05, 0) is 40.8 Å². The van der Waals surface area contributed by atoms with Gasteiger partial charge in [0.1, 0.15) is 5.25 Å². The Labute approximate surface area is 174 Å². The zero-order valence-electron chi connectivity index (χ0n) is 16.1. The van der Waals surface area contributed by atoms with E-state index in [-0.39, 0.29) is 18.4 Å². The zero-order valence-corrected chi connectivity index (χ0v) is 16.9. The van der Waals surface area contributed by atoms with E-state index in [1.54, 1.807) is 6.07 Å². The Morgan fingerprint density at radius 2 is 1.80 bits per heavy atom. The fourth-order valence-electron chi connectivity index (χ4n) is 4.59. The molecule has 0 amide bonds. The first-order valence-corrected chi connectivity index (χ1v) is 11.4. The predicted octanol–water partition coefficient (Wildman–Crippen LogP) is 2.92. The van der Waals surface area contributed by atoms with Gasteiger partial charge in [-0.1, -0.05) is 36.4 Å². The van der Waals surface area contributed by atoms with Gasteiger partial charge in [-0.2, -0.15) is 0 Å². The maximum absolute atomic E-state index is 13.2. The number of carboxylic acids is 1. The van der Waals surface area contributed by atoms with Crippen molar-refractivity contribution in [2.24, 2.45) is 0 Å². The van der Waals surface area contributed by atoms with Gasteiger partial charge < -0.3 is 14.6 Å². The first-order chi connectivity index (χ1) is 14.4. The van der Waals surface area contributed by atoms with Crippen LogP contribution >= 0.6 is 0 Å². The number of carboxylic acid groups (broad SMARTS) is 1. The van der Waals surface area contributed by atoms with Crippen LogP contribution in [0.3, 0.4) is 0 Å². The van der Waals surface area contributed by atoms with E-state index in [2.05, 4.69) is 4.72 Å². The van der Waals surface area contributed by atoms with E-state index in [4.69, 9.17) is 9.47 Å². The van der Waals surface area contributed by atoms with Crippen molar-refractivity contribution in [3.8, 4) is 11.1 Å². The highest BCUT2D eigenvalue weighted by Crippen LogP contribution is 2.41. The van der Waals surface area contributed by atoms with Crippen molar-refractivity contribution >= 4 is 21.7 Å². The van der Waals surface area contributed by atoms with E-state index in [0.29, 0.717) is 25.3 Å². The Morgan fingerprint density at radius 3 is 2.57 bits per heavy atom. The highest BCUT2D eigenvalue weighted by molar-refractivity contribution is 7.93. The molecule has 3 aliphatic rings. The molecular weight excluding hydrogens is 406 g/mol. The maximum Gasteiger partial charge on any atom is 0.332 e. The van der Waals surface area contributed by atoms with Gasteiger partial charge in [0.2, 0.25) is 10.0 Å². The van der Waals surface area contributed by atoms with Gasteiger partial charge >= 0.3 is 5.97 Å². The van der Waals surface area contributed by atoms with Crippen molar-refractivity contribution in [1.29, 1.82) is 0 Å². The lowest BCUT2D eigenvalue weighted by Crippen LogP contribution is -2.41. The number of carbonyl (C=O) groups is 1. The van der Waals surface area contributed by atoms with Crippen molar-refractivity contribution in [2.75, 3.05) is 17.9 Å². The van der Waals surface area contributed by atoms with Crippen LogP contribution in [0.2, 0.25) is 0 Å². The van der Waals surface area contributed by atoms with Gasteiger partial charge in [-0.25, -0.2) is 13.2 Å². The molecule has 0 radical (unpaired) electrons. The summed E-state index contributed by atoms with van der Waals surface area (Å²) >= 11 is 0. The molecule has 8 heteroatoms. The molecule has 156 valence electrons. The Balaban J connectivity index is 1.48. The third kappa shape index (κ3) is 3.12. The van der Waals surface area contributed by atoms with Crippen LogP contribution in [0.1, 0.15) is 24.0 Å². The molecule has 1 heterocycles. The second kappa shape index (κ2) is 6.94. The summed E-state index contributed by atoms with van der Waals surface area (Å²) in [6.07, 6.45) is 2.33. The first kappa shape index (κ1) is 19.3.